The summed E-state index contributed by atoms with van der Waals surface area (Å²) in [6, 6.07) is -0.0399. The molecule has 5 heteroatoms. The van der Waals surface area contributed by atoms with Gasteiger partial charge in [0.1, 0.15) is 5.82 Å². The molecule has 5 nitrogen and oxygen atoms in total. The largest absolute Gasteiger partial charge is 0.341 e. The number of hydrogen-bond donors (Lipinski definition) is 0. The van der Waals surface area contributed by atoms with Gasteiger partial charge in [0.2, 0.25) is 5.91 Å². The molecule has 0 spiro atoms. The maximum atomic E-state index is 12.3. The number of nitrogens with zero attached hydrogens (tertiary/aromatic N) is 4. The van der Waals surface area contributed by atoms with E-state index < -0.39 is 0 Å². The van der Waals surface area contributed by atoms with Crippen LogP contribution in [0.2, 0.25) is 0 Å². The van der Waals surface area contributed by atoms with Gasteiger partial charge >= 0.3 is 0 Å². The summed E-state index contributed by atoms with van der Waals surface area (Å²) < 4.78 is 2.11. The van der Waals surface area contributed by atoms with Crippen molar-refractivity contribution in [3.05, 3.63) is 18.2 Å². The van der Waals surface area contributed by atoms with Gasteiger partial charge in [0, 0.05) is 38.6 Å². The van der Waals surface area contributed by atoms with Gasteiger partial charge in [-0.3, -0.25) is 9.69 Å². The van der Waals surface area contributed by atoms with E-state index in [1.165, 1.54) is 0 Å². The summed E-state index contributed by atoms with van der Waals surface area (Å²) in [7, 11) is 2.02. The number of hydrogen-bond acceptors (Lipinski definition) is 3. The van der Waals surface area contributed by atoms with Gasteiger partial charge in [-0.15, -0.1) is 0 Å². The lowest BCUT2D eigenvalue weighted by Crippen LogP contribution is -2.45. The smallest absolute Gasteiger partial charge is 0.239 e. The van der Waals surface area contributed by atoms with Crippen molar-refractivity contribution in [2.75, 3.05) is 26.7 Å². The zero-order valence-corrected chi connectivity index (χ0v) is 12.2. The van der Waals surface area contributed by atoms with E-state index in [1.54, 1.807) is 0 Å². The summed E-state index contributed by atoms with van der Waals surface area (Å²) in [5, 5.41) is 0. The van der Waals surface area contributed by atoms with Crippen LogP contribution in [0.15, 0.2) is 12.4 Å². The Labute approximate surface area is 115 Å². The Hall–Kier alpha value is -1.36. The first-order chi connectivity index (χ1) is 9.09. The molecule has 0 bridgehead atoms. The first kappa shape index (κ1) is 14.1. The highest BCUT2D eigenvalue weighted by atomic mass is 16.2. The fourth-order valence-electron chi connectivity index (χ4n) is 2.49. The van der Waals surface area contributed by atoms with Gasteiger partial charge in [0.15, 0.2) is 0 Å². The Kier molecular flexibility index (Phi) is 4.58. The average molecular weight is 264 g/mol. The fraction of sp³-hybridized carbons (Fsp3) is 0.714. The number of aromatic nitrogens is 2. The Balaban J connectivity index is 1.83. The van der Waals surface area contributed by atoms with Gasteiger partial charge in [-0.1, -0.05) is 0 Å². The molecule has 0 aliphatic carbocycles. The van der Waals surface area contributed by atoms with E-state index in [0.29, 0.717) is 0 Å². The quantitative estimate of drug-likeness (QED) is 0.800. The molecule has 1 unspecified atom stereocenters. The molecule has 106 valence electrons. The Bertz CT molecular complexity index is 423. The van der Waals surface area contributed by atoms with Crippen LogP contribution >= 0.6 is 0 Å². The minimum Gasteiger partial charge on any atom is -0.341 e. The zero-order chi connectivity index (χ0) is 13.8. The van der Waals surface area contributed by atoms with E-state index >= 15 is 0 Å². The number of carbonyl (C=O) groups excluding carboxylic acids is 1. The second kappa shape index (κ2) is 6.19. The van der Waals surface area contributed by atoms with Gasteiger partial charge in [-0.25, -0.2) is 4.98 Å². The normalized spacial score (nSPS) is 17.2. The molecule has 1 atom stereocenters. The van der Waals surface area contributed by atoms with Crippen LogP contribution in [0.3, 0.4) is 0 Å². The topological polar surface area (TPSA) is 41.4 Å². The molecule has 1 fully saturated rings. The number of imidazole rings is 1. The van der Waals surface area contributed by atoms with Crippen LogP contribution < -0.4 is 0 Å². The minimum absolute atomic E-state index is 0.0399. The zero-order valence-electron chi connectivity index (χ0n) is 12.2. The third-order valence-corrected chi connectivity index (χ3v) is 4.05. The molecule has 19 heavy (non-hydrogen) atoms. The van der Waals surface area contributed by atoms with Crippen molar-refractivity contribution in [1.29, 1.82) is 0 Å². The number of likely N-dealkylation sites (tertiary alicyclic amines) is 1. The van der Waals surface area contributed by atoms with Crippen molar-refractivity contribution in [3.8, 4) is 0 Å². The molecule has 1 saturated heterocycles. The van der Waals surface area contributed by atoms with Crippen molar-refractivity contribution in [2.24, 2.45) is 0 Å². The Morgan fingerprint density at radius 3 is 2.74 bits per heavy atom. The highest BCUT2D eigenvalue weighted by Crippen LogP contribution is 2.11. The monoisotopic (exact) mass is 264 g/mol. The minimum atomic E-state index is -0.0399. The highest BCUT2D eigenvalue weighted by molar-refractivity contribution is 5.81. The van der Waals surface area contributed by atoms with Crippen LogP contribution in [0.25, 0.3) is 0 Å². The van der Waals surface area contributed by atoms with E-state index in [1.807, 2.05) is 38.2 Å². The van der Waals surface area contributed by atoms with Gasteiger partial charge in [0.25, 0.3) is 0 Å². The van der Waals surface area contributed by atoms with Crippen molar-refractivity contribution in [1.82, 2.24) is 19.4 Å². The van der Waals surface area contributed by atoms with Gasteiger partial charge in [0.05, 0.1) is 6.04 Å². The molecule has 1 aromatic rings. The lowest BCUT2D eigenvalue weighted by Gasteiger charge is -2.28. The van der Waals surface area contributed by atoms with Gasteiger partial charge < -0.3 is 9.47 Å². The van der Waals surface area contributed by atoms with Gasteiger partial charge in [-0.2, -0.15) is 0 Å². The molecular weight excluding hydrogens is 240 g/mol. The van der Waals surface area contributed by atoms with E-state index in [4.69, 9.17) is 0 Å². The lowest BCUT2D eigenvalue weighted by atomic mass is 10.2. The molecule has 1 amide bonds. The van der Waals surface area contributed by atoms with Crippen molar-refractivity contribution >= 4 is 5.91 Å². The lowest BCUT2D eigenvalue weighted by molar-refractivity contribution is -0.134. The summed E-state index contributed by atoms with van der Waals surface area (Å²) in [5.41, 5.74) is 0. The molecule has 1 aromatic heterocycles. The number of carbonyl (C=O) groups is 1. The standard InChI is InChI=1S/C14H24N4O/c1-12(14(19)18-7-4-5-8-18)16(3)10-11-17-9-6-15-13(17)2/h6,9,12H,4-5,7-8,10-11H2,1-3H3. The molecule has 0 N–H and O–H groups in total. The Morgan fingerprint density at radius 1 is 1.47 bits per heavy atom. The number of aryl methyl sites for hydroxylation is 1. The molecule has 2 heterocycles. The maximum Gasteiger partial charge on any atom is 0.239 e. The molecule has 1 aliphatic rings. The van der Waals surface area contributed by atoms with Crippen LogP contribution in [0, 0.1) is 6.92 Å². The summed E-state index contributed by atoms with van der Waals surface area (Å²) in [4.78, 5) is 20.6. The highest BCUT2D eigenvalue weighted by Gasteiger charge is 2.25. The van der Waals surface area contributed by atoms with Crippen LogP contribution in [0.1, 0.15) is 25.6 Å². The number of amides is 1. The summed E-state index contributed by atoms with van der Waals surface area (Å²) in [6.45, 7) is 7.59. The number of rotatable bonds is 5. The average Bonchev–Trinajstić information content (AvgIpc) is 3.05. The van der Waals surface area contributed by atoms with Crippen LogP contribution in [0.4, 0.5) is 0 Å². The van der Waals surface area contributed by atoms with Crippen LogP contribution in [-0.4, -0.2) is 58.0 Å². The third-order valence-electron chi connectivity index (χ3n) is 4.05. The predicted molar refractivity (Wildman–Crippen MR) is 74.9 cm³/mol. The predicted octanol–water partition coefficient (Wildman–Crippen LogP) is 1.13. The first-order valence-electron chi connectivity index (χ1n) is 7.06. The molecular formula is C14H24N4O. The molecule has 0 aromatic carbocycles. The summed E-state index contributed by atoms with van der Waals surface area (Å²) in [5.74, 6) is 1.29. The fourth-order valence-corrected chi connectivity index (χ4v) is 2.49. The van der Waals surface area contributed by atoms with E-state index in [2.05, 4.69) is 14.5 Å². The summed E-state index contributed by atoms with van der Waals surface area (Å²) in [6.07, 6.45) is 6.09. The van der Waals surface area contributed by atoms with Crippen LogP contribution in [0.5, 0.6) is 0 Å². The van der Waals surface area contributed by atoms with Crippen molar-refractivity contribution in [2.45, 2.75) is 39.3 Å². The second-order valence-corrected chi connectivity index (χ2v) is 5.36. The van der Waals surface area contributed by atoms with Gasteiger partial charge in [-0.05, 0) is 33.7 Å². The molecule has 0 saturated carbocycles. The summed E-state index contributed by atoms with van der Waals surface area (Å²) >= 11 is 0. The number of likely N-dealkylation sites (N-methyl/N-ethyl adjacent to an activating group) is 1. The van der Waals surface area contributed by atoms with Crippen molar-refractivity contribution < 1.29 is 4.79 Å². The maximum absolute atomic E-state index is 12.3. The molecule has 2 rings (SSSR count). The molecule has 0 radical (unpaired) electrons. The Morgan fingerprint density at radius 2 is 2.16 bits per heavy atom. The van der Waals surface area contributed by atoms with Crippen LogP contribution in [-0.2, 0) is 11.3 Å². The second-order valence-electron chi connectivity index (χ2n) is 5.36. The third kappa shape index (κ3) is 3.35. The van der Waals surface area contributed by atoms with E-state index in [9.17, 15) is 4.79 Å². The van der Waals surface area contributed by atoms with Crippen molar-refractivity contribution in [3.63, 3.8) is 0 Å². The van der Waals surface area contributed by atoms with E-state index in [-0.39, 0.29) is 11.9 Å². The van der Waals surface area contributed by atoms with E-state index in [0.717, 1.165) is 44.8 Å². The SMILES string of the molecule is Cc1nccn1CCN(C)C(C)C(=O)N1CCCC1. The first-order valence-corrected chi connectivity index (χ1v) is 7.06. The molecule has 1 aliphatic heterocycles.